The standard InChI is InChI=1S/C19H23NO2/c1-3-18(16-7-5-4-6-8-16)20-19(21)14-11-15-9-12-17(22-2)13-10-15/h4-10,12-13,18H,3,11,14H2,1-2H3,(H,20,21)/t18-/m0/s1. The molecule has 3 nitrogen and oxygen atoms in total. The fourth-order valence-electron chi connectivity index (χ4n) is 2.42. The number of carbonyl (C=O) groups is 1. The van der Waals surface area contributed by atoms with Gasteiger partial charge in [0.2, 0.25) is 5.91 Å². The van der Waals surface area contributed by atoms with E-state index in [0.29, 0.717) is 6.42 Å². The van der Waals surface area contributed by atoms with Crippen LogP contribution >= 0.6 is 0 Å². The van der Waals surface area contributed by atoms with Gasteiger partial charge in [-0.1, -0.05) is 49.4 Å². The number of rotatable bonds is 7. The monoisotopic (exact) mass is 297 g/mol. The Morgan fingerprint density at radius 2 is 1.77 bits per heavy atom. The van der Waals surface area contributed by atoms with Crippen LogP contribution < -0.4 is 10.1 Å². The molecular formula is C19H23NO2. The maximum Gasteiger partial charge on any atom is 0.220 e. The number of amides is 1. The molecule has 2 aromatic rings. The molecule has 0 aromatic heterocycles. The Kier molecular flexibility index (Phi) is 6.01. The van der Waals surface area contributed by atoms with E-state index in [-0.39, 0.29) is 11.9 Å². The number of aryl methyl sites for hydroxylation is 1. The molecule has 0 unspecified atom stereocenters. The average molecular weight is 297 g/mol. The van der Waals surface area contributed by atoms with Gasteiger partial charge < -0.3 is 10.1 Å². The van der Waals surface area contributed by atoms with Gasteiger partial charge in [-0.15, -0.1) is 0 Å². The second kappa shape index (κ2) is 8.23. The van der Waals surface area contributed by atoms with Gasteiger partial charge in [0.1, 0.15) is 5.75 Å². The molecule has 1 atom stereocenters. The number of ether oxygens (including phenoxy) is 1. The highest BCUT2D eigenvalue weighted by Gasteiger charge is 2.12. The fraction of sp³-hybridized carbons (Fsp3) is 0.316. The van der Waals surface area contributed by atoms with Crippen molar-refractivity contribution in [1.82, 2.24) is 5.32 Å². The van der Waals surface area contributed by atoms with E-state index < -0.39 is 0 Å². The number of carbonyl (C=O) groups excluding carboxylic acids is 1. The van der Waals surface area contributed by atoms with E-state index in [1.54, 1.807) is 7.11 Å². The lowest BCUT2D eigenvalue weighted by atomic mass is 10.0. The van der Waals surface area contributed by atoms with Gasteiger partial charge in [-0.25, -0.2) is 0 Å². The lowest BCUT2D eigenvalue weighted by Gasteiger charge is -2.17. The summed E-state index contributed by atoms with van der Waals surface area (Å²) in [5.41, 5.74) is 2.30. The first-order chi connectivity index (χ1) is 10.7. The van der Waals surface area contributed by atoms with Crippen LogP contribution in [0.4, 0.5) is 0 Å². The zero-order valence-corrected chi connectivity index (χ0v) is 13.2. The van der Waals surface area contributed by atoms with Crippen molar-refractivity contribution in [1.29, 1.82) is 0 Å². The Balaban J connectivity index is 1.86. The van der Waals surface area contributed by atoms with E-state index in [1.807, 2.05) is 42.5 Å². The molecule has 0 bridgehead atoms. The Labute approximate surface area is 132 Å². The number of methoxy groups -OCH3 is 1. The van der Waals surface area contributed by atoms with Crippen molar-refractivity contribution >= 4 is 5.91 Å². The van der Waals surface area contributed by atoms with Gasteiger partial charge >= 0.3 is 0 Å². The zero-order chi connectivity index (χ0) is 15.8. The van der Waals surface area contributed by atoms with Crippen LogP contribution in [0.1, 0.15) is 36.9 Å². The first kappa shape index (κ1) is 16.1. The molecule has 1 N–H and O–H groups in total. The Hall–Kier alpha value is -2.29. The summed E-state index contributed by atoms with van der Waals surface area (Å²) in [6, 6.07) is 18.0. The van der Waals surface area contributed by atoms with E-state index in [2.05, 4.69) is 24.4 Å². The molecule has 1 amide bonds. The molecular weight excluding hydrogens is 274 g/mol. The van der Waals surface area contributed by atoms with Crippen molar-refractivity contribution in [2.75, 3.05) is 7.11 Å². The molecule has 116 valence electrons. The van der Waals surface area contributed by atoms with Crippen LogP contribution in [-0.2, 0) is 11.2 Å². The summed E-state index contributed by atoms with van der Waals surface area (Å²) < 4.78 is 5.13. The normalized spacial score (nSPS) is 11.7. The fourth-order valence-corrected chi connectivity index (χ4v) is 2.42. The molecule has 0 aliphatic carbocycles. The summed E-state index contributed by atoms with van der Waals surface area (Å²) >= 11 is 0. The van der Waals surface area contributed by atoms with Crippen LogP contribution in [0.25, 0.3) is 0 Å². The third-order valence-corrected chi connectivity index (χ3v) is 3.75. The highest BCUT2D eigenvalue weighted by molar-refractivity contribution is 5.76. The van der Waals surface area contributed by atoms with Gasteiger partial charge in [0.15, 0.2) is 0 Å². The SMILES string of the molecule is CC[C@H](NC(=O)CCc1ccc(OC)cc1)c1ccccc1. The van der Waals surface area contributed by atoms with Gasteiger partial charge in [0.05, 0.1) is 13.2 Å². The van der Waals surface area contributed by atoms with Crippen molar-refractivity contribution in [3.8, 4) is 5.75 Å². The third-order valence-electron chi connectivity index (χ3n) is 3.75. The van der Waals surface area contributed by atoms with Gasteiger partial charge in [0, 0.05) is 6.42 Å². The Bertz CT molecular complexity index is 578. The van der Waals surface area contributed by atoms with E-state index in [4.69, 9.17) is 4.74 Å². The topological polar surface area (TPSA) is 38.3 Å². The molecule has 0 heterocycles. The second-order valence-corrected chi connectivity index (χ2v) is 5.29. The molecule has 0 radical (unpaired) electrons. The second-order valence-electron chi connectivity index (χ2n) is 5.29. The van der Waals surface area contributed by atoms with E-state index in [0.717, 1.165) is 29.7 Å². The van der Waals surface area contributed by atoms with Crippen molar-refractivity contribution in [2.24, 2.45) is 0 Å². The minimum absolute atomic E-state index is 0.0876. The minimum Gasteiger partial charge on any atom is -0.497 e. The zero-order valence-electron chi connectivity index (χ0n) is 13.2. The van der Waals surface area contributed by atoms with Gasteiger partial charge in [-0.05, 0) is 36.1 Å². The first-order valence-corrected chi connectivity index (χ1v) is 7.70. The third kappa shape index (κ3) is 4.62. The van der Waals surface area contributed by atoms with Crippen molar-refractivity contribution in [3.05, 3.63) is 65.7 Å². The molecule has 3 heteroatoms. The largest absolute Gasteiger partial charge is 0.497 e. The van der Waals surface area contributed by atoms with Crippen LogP contribution in [0.15, 0.2) is 54.6 Å². The molecule has 0 aliphatic heterocycles. The summed E-state index contributed by atoms with van der Waals surface area (Å²) in [6.45, 7) is 2.08. The van der Waals surface area contributed by atoms with Gasteiger partial charge in [-0.3, -0.25) is 4.79 Å². The summed E-state index contributed by atoms with van der Waals surface area (Å²) in [6.07, 6.45) is 2.12. The molecule has 0 spiro atoms. The number of hydrogen-bond donors (Lipinski definition) is 1. The number of benzene rings is 2. The van der Waals surface area contributed by atoms with E-state index in [1.165, 1.54) is 0 Å². The molecule has 0 saturated heterocycles. The summed E-state index contributed by atoms with van der Waals surface area (Å²) in [7, 11) is 1.65. The van der Waals surface area contributed by atoms with Crippen LogP contribution in [0.2, 0.25) is 0 Å². The van der Waals surface area contributed by atoms with Crippen molar-refractivity contribution in [3.63, 3.8) is 0 Å². The highest BCUT2D eigenvalue weighted by Crippen LogP contribution is 2.17. The van der Waals surface area contributed by atoms with Crippen LogP contribution in [0.3, 0.4) is 0 Å². The molecule has 0 fully saturated rings. The van der Waals surface area contributed by atoms with Crippen molar-refractivity contribution in [2.45, 2.75) is 32.2 Å². The maximum absolute atomic E-state index is 12.1. The molecule has 22 heavy (non-hydrogen) atoms. The first-order valence-electron chi connectivity index (χ1n) is 7.70. The molecule has 2 rings (SSSR count). The van der Waals surface area contributed by atoms with Crippen molar-refractivity contribution < 1.29 is 9.53 Å². The predicted molar refractivity (Wildman–Crippen MR) is 88.9 cm³/mol. The summed E-state index contributed by atoms with van der Waals surface area (Å²) in [5, 5.41) is 3.11. The van der Waals surface area contributed by atoms with Crippen LogP contribution in [-0.4, -0.2) is 13.0 Å². The average Bonchev–Trinajstić information content (AvgIpc) is 2.59. The minimum atomic E-state index is 0.0876. The Morgan fingerprint density at radius 1 is 1.09 bits per heavy atom. The van der Waals surface area contributed by atoms with Gasteiger partial charge in [0.25, 0.3) is 0 Å². The summed E-state index contributed by atoms with van der Waals surface area (Å²) in [4.78, 5) is 12.1. The molecule has 0 aliphatic rings. The lowest BCUT2D eigenvalue weighted by molar-refractivity contribution is -0.121. The molecule has 0 saturated carbocycles. The quantitative estimate of drug-likeness (QED) is 0.842. The number of nitrogens with one attached hydrogen (secondary N) is 1. The van der Waals surface area contributed by atoms with E-state index in [9.17, 15) is 4.79 Å². The van der Waals surface area contributed by atoms with E-state index >= 15 is 0 Å². The maximum atomic E-state index is 12.1. The molecule has 2 aromatic carbocycles. The summed E-state index contributed by atoms with van der Waals surface area (Å²) in [5.74, 6) is 0.926. The Morgan fingerprint density at radius 3 is 2.36 bits per heavy atom. The van der Waals surface area contributed by atoms with Crippen LogP contribution in [0.5, 0.6) is 5.75 Å². The predicted octanol–water partition coefficient (Wildman–Crippen LogP) is 3.90. The van der Waals surface area contributed by atoms with Crippen LogP contribution in [0, 0.1) is 0 Å². The number of hydrogen-bond acceptors (Lipinski definition) is 2. The smallest absolute Gasteiger partial charge is 0.220 e. The lowest BCUT2D eigenvalue weighted by Crippen LogP contribution is -2.28. The van der Waals surface area contributed by atoms with Gasteiger partial charge in [-0.2, -0.15) is 0 Å². The highest BCUT2D eigenvalue weighted by atomic mass is 16.5.